The molecule has 10 heteroatoms. The van der Waals surface area contributed by atoms with Crippen LogP contribution in [0.1, 0.15) is 6.92 Å². The molecule has 1 aromatic rings. The number of imide groups is 1. The molecular weight excluding hydrogens is 368 g/mol. The number of piperazine rings is 1. The molecule has 25 heavy (non-hydrogen) atoms. The number of nitrogens with one attached hydrogen (secondary N) is 1. The summed E-state index contributed by atoms with van der Waals surface area (Å²) >= 11 is 6.18. The second kappa shape index (κ2) is 6.74. The molecule has 1 unspecified atom stereocenters. The number of amides is 3. The van der Waals surface area contributed by atoms with E-state index >= 15 is 0 Å². The van der Waals surface area contributed by atoms with Crippen LogP contribution < -0.4 is 10.2 Å². The van der Waals surface area contributed by atoms with Gasteiger partial charge in [-0.05, 0) is 19.1 Å². The number of rotatable bonds is 3. The van der Waals surface area contributed by atoms with E-state index in [-0.39, 0.29) is 18.8 Å². The average molecular weight is 385 g/mol. The Morgan fingerprint density at radius 3 is 2.40 bits per heavy atom. The molecule has 0 radical (unpaired) electrons. The maximum absolute atomic E-state index is 12.8. The summed E-state index contributed by atoms with van der Waals surface area (Å²) in [6, 6.07) is 6.52. The van der Waals surface area contributed by atoms with Crippen LogP contribution in [0.2, 0.25) is 5.02 Å². The quantitative estimate of drug-likeness (QED) is 0.833. The Bertz CT molecular complexity index is 847. The molecule has 8 nitrogen and oxygen atoms in total. The first kappa shape index (κ1) is 17.8. The lowest BCUT2D eigenvalue weighted by molar-refractivity contribution is -0.118. The summed E-state index contributed by atoms with van der Waals surface area (Å²) in [5, 5.41) is 1.09. The summed E-state index contributed by atoms with van der Waals surface area (Å²) in [4.78, 5) is 28.8. The summed E-state index contributed by atoms with van der Waals surface area (Å²) in [6.07, 6.45) is 0. The molecule has 1 N–H and O–H groups in total. The van der Waals surface area contributed by atoms with Crippen LogP contribution in [0.15, 0.2) is 29.3 Å². The van der Waals surface area contributed by atoms with Crippen molar-refractivity contribution in [2.75, 3.05) is 31.1 Å². The number of hydrogen-bond donors (Lipinski definition) is 1. The number of nitrogens with zero attached hydrogens (tertiary/aromatic N) is 3. The van der Waals surface area contributed by atoms with Crippen LogP contribution >= 0.6 is 11.6 Å². The summed E-state index contributed by atoms with van der Waals surface area (Å²) in [6.45, 7) is 2.72. The summed E-state index contributed by atoms with van der Waals surface area (Å²) in [5.41, 5.74) is 0.835. The highest BCUT2D eigenvalue weighted by atomic mass is 35.5. The minimum atomic E-state index is -3.94. The SMILES string of the molecule is CC1=NC(=O)NC(=O)C1S(=O)(=O)N1CCN(c2ccccc2Cl)CC1. The van der Waals surface area contributed by atoms with Gasteiger partial charge < -0.3 is 4.90 Å². The standard InChI is InChI=1S/C15H17ClN4O4S/c1-10-13(14(21)18-15(22)17-10)25(23,24)20-8-6-19(7-9-20)12-5-3-2-4-11(12)16/h2-5,13H,6-9H2,1H3,(H,18,21,22). The van der Waals surface area contributed by atoms with Crippen LogP contribution in [0.25, 0.3) is 0 Å². The third kappa shape index (κ3) is 3.39. The molecule has 1 fully saturated rings. The van der Waals surface area contributed by atoms with Gasteiger partial charge in [0.1, 0.15) is 0 Å². The normalized spacial score (nSPS) is 22.6. The third-order valence-corrected chi connectivity index (χ3v) is 6.77. The van der Waals surface area contributed by atoms with E-state index in [1.54, 1.807) is 6.07 Å². The van der Waals surface area contributed by atoms with E-state index in [4.69, 9.17) is 11.6 Å². The molecule has 0 saturated carbocycles. The van der Waals surface area contributed by atoms with E-state index in [1.807, 2.05) is 28.4 Å². The summed E-state index contributed by atoms with van der Waals surface area (Å²) in [7, 11) is -3.94. The Hall–Kier alpha value is -1.97. The zero-order valence-electron chi connectivity index (χ0n) is 13.5. The molecule has 0 aliphatic carbocycles. The average Bonchev–Trinajstić information content (AvgIpc) is 2.54. The molecule has 0 bridgehead atoms. The van der Waals surface area contributed by atoms with Gasteiger partial charge in [-0.25, -0.2) is 18.2 Å². The van der Waals surface area contributed by atoms with E-state index in [0.717, 1.165) is 5.69 Å². The minimum Gasteiger partial charge on any atom is -0.368 e. The van der Waals surface area contributed by atoms with Crippen molar-refractivity contribution in [1.82, 2.24) is 9.62 Å². The first-order valence-electron chi connectivity index (χ1n) is 7.69. The molecule has 2 aliphatic rings. The number of hydrogen-bond acceptors (Lipinski definition) is 5. The number of carbonyl (C=O) groups excluding carboxylic acids is 2. The molecule has 0 aromatic heterocycles. The first-order chi connectivity index (χ1) is 11.8. The maximum Gasteiger partial charge on any atom is 0.347 e. The monoisotopic (exact) mass is 384 g/mol. The smallest absolute Gasteiger partial charge is 0.347 e. The van der Waals surface area contributed by atoms with Crippen molar-refractivity contribution in [2.24, 2.45) is 4.99 Å². The molecule has 1 aromatic carbocycles. The molecule has 3 rings (SSSR count). The van der Waals surface area contributed by atoms with Crippen molar-refractivity contribution in [1.29, 1.82) is 0 Å². The molecule has 2 aliphatic heterocycles. The zero-order valence-corrected chi connectivity index (χ0v) is 15.0. The lowest BCUT2D eigenvalue weighted by atomic mass is 10.2. The molecule has 1 saturated heterocycles. The minimum absolute atomic E-state index is 0.0118. The van der Waals surface area contributed by atoms with Crippen LogP contribution in [0.5, 0.6) is 0 Å². The fourth-order valence-corrected chi connectivity index (χ4v) is 5.04. The predicted octanol–water partition coefficient (Wildman–Crippen LogP) is 0.871. The largest absolute Gasteiger partial charge is 0.368 e. The molecule has 134 valence electrons. The lowest BCUT2D eigenvalue weighted by Crippen LogP contribution is -2.57. The van der Waals surface area contributed by atoms with Crippen LogP contribution in [0, 0.1) is 0 Å². The topological polar surface area (TPSA) is 99.1 Å². The number of anilines is 1. The van der Waals surface area contributed by atoms with Gasteiger partial charge in [-0.3, -0.25) is 10.1 Å². The van der Waals surface area contributed by atoms with Gasteiger partial charge in [0.2, 0.25) is 10.0 Å². The van der Waals surface area contributed by atoms with Gasteiger partial charge in [0.05, 0.1) is 10.7 Å². The van der Waals surface area contributed by atoms with Crippen molar-refractivity contribution in [3.8, 4) is 0 Å². The first-order valence-corrected chi connectivity index (χ1v) is 9.57. The van der Waals surface area contributed by atoms with Crippen LogP contribution in [-0.2, 0) is 14.8 Å². The highest BCUT2D eigenvalue weighted by Gasteiger charge is 2.43. The Labute approximate surface area is 150 Å². The molecule has 1 atom stereocenters. The van der Waals surface area contributed by atoms with Gasteiger partial charge in [-0.15, -0.1) is 0 Å². The third-order valence-electron chi connectivity index (χ3n) is 4.22. The fraction of sp³-hybridized carbons (Fsp3) is 0.400. The lowest BCUT2D eigenvalue weighted by Gasteiger charge is -2.37. The number of urea groups is 1. The van der Waals surface area contributed by atoms with Crippen molar-refractivity contribution in [2.45, 2.75) is 12.2 Å². The fourth-order valence-electron chi connectivity index (χ4n) is 3.00. The van der Waals surface area contributed by atoms with Gasteiger partial charge in [-0.1, -0.05) is 23.7 Å². The number of carbonyl (C=O) groups is 2. The van der Waals surface area contributed by atoms with Gasteiger partial charge >= 0.3 is 6.03 Å². The van der Waals surface area contributed by atoms with Gasteiger partial charge in [0, 0.05) is 31.9 Å². The van der Waals surface area contributed by atoms with Gasteiger partial charge in [0.15, 0.2) is 5.25 Å². The van der Waals surface area contributed by atoms with E-state index in [2.05, 4.69) is 4.99 Å². The Morgan fingerprint density at radius 1 is 1.16 bits per heavy atom. The molecule has 3 amide bonds. The zero-order chi connectivity index (χ0) is 18.2. The second-order valence-corrected chi connectivity index (χ2v) is 8.24. The number of aliphatic imine (C=N–C) groups is 1. The van der Waals surface area contributed by atoms with Crippen LogP contribution in [0.4, 0.5) is 10.5 Å². The number of para-hydroxylation sites is 1. The number of halogens is 1. The van der Waals surface area contributed by atoms with Crippen molar-refractivity contribution >= 4 is 45.0 Å². The molecule has 0 spiro atoms. The Kier molecular flexibility index (Phi) is 4.81. The predicted molar refractivity (Wildman–Crippen MR) is 94.6 cm³/mol. The van der Waals surface area contributed by atoms with Gasteiger partial charge in [-0.2, -0.15) is 4.31 Å². The van der Waals surface area contributed by atoms with Crippen LogP contribution in [-0.4, -0.2) is 61.8 Å². The highest BCUT2D eigenvalue weighted by Crippen LogP contribution is 2.27. The van der Waals surface area contributed by atoms with E-state index in [1.165, 1.54) is 11.2 Å². The van der Waals surface area contributed by atoms with E-state index in [9.17, 15) is 18.0 Å². The summed E-state index contributed by atoms with van der Waals surface area (Å²) in [5.74, 6) is -0.856. The molecular formula is C15H17ClN4O4S. The van der Waals surface area contributed by atoms with Crippen molar-refractivity contribution in [3.63, 3.8) is 0 Å². The van der Waals surface area contributed by atoms with E-state index in [0.29, 0.717) is 18.1 Å². The van der Waals surface area contributed by atoms with Gasteiger partial charge in [0.25, 0.3) is 5.91 Å². The van der Waals surface area contributed by atoms with Crippen LogP contribution in [0.3, 0.4) is 0 Å². The van der Waals surface area contributed by atoms with Crippen molar-refractivity contribution in [3.05, 3.63) is 29.3 Å². The van der Waals surface area contributed by atoms with E-state index < -0.39 is 27.2 Å². The number of sulfonamides is 1. The van der Waals surface area contributed by atoms with Crippen molar-refractivity contribution < 1.29 is 18.0 Å². The Morgan fingerprint density at radius 2 is 1.80 bits per heavy atom. The highest BCUT2D eigenvalue weighted by molar-refractivity contribution is 7.91. The second-order valence-electron chi connectivity index (χ2n) is 5.81. The molecule has 2 heterocycles. The summed E-state index contributed by atoms with van der Waals surface area (Å²) < 4.78 is 26.9. The Balaban J connectivity index is 1.76. The number of benzene rings is 1. The maximum atomic E-state index is 12.8.